The van der Waals surface area contributed by atoms with E-state index in [1.54, 1.807) is 18.7 Å². The van der Waals surface area contributed by atoms with Crippen LogP contribution < -0.4 is 10.6 Å². The number of ether oxygens (including phenoxy) is 1. The zero-order chi connectivity index (χ0) is 17.1. The third-order valence-corrected chi connectivity index (χ3v) is 4.80. The van der Waals surface area contributed by atoms with Gasteiger partial charge >= 0.3 is 0 Å². The molecule has 0 radical (unpaired) electrons. The topological polar surface area (TPSA) is 76.4 Å². The molecule has 2 saturated heterocycles. The lowest BCUT2D eigenvalue weighted by Crippen LogP contribution is -2.47. The van der Waals surface area contributed by atoms with Crippen LogP contribution in [0.25, 0.3) is 5.82 Å². The summed E-state index contributed by atoms with van der Waals surface area (Å²) in [5.41, 5.74) is 1.06. The molecule has 0 aliphatic carbocycles. The van der Waals surface area contributed by atoms with E-state index in [-0.39, 0.29) is 0 Å². The number of nitrogens with one attached hydrogen (secondary N) is 2. The standard InChI is InChI=1S/C18H24N6O/c1-2-20-18(23-15-10-14-5-6-16(15)25-14)22-11-13-4-3-7-21-17(13)24-9-8-19-12-24/h3-4,7-9,12,14-16H,2,5-6,10-11H2,1H3,(H2,20,22,23). The van der Waals surface area contributed by atoms with E-state index < -0.39 is 0 Å². The normalized spacial score (nSPS) is 25.3. The van der Waals surface area contributed by atoms with E-state index in [1.807, 2.05) is 16.8 Å². The minimum absolute atomic E-state index is 0.328. The summed E-state index contributed by atoms with van der Waals surface area (Å²) in [5.74, 6) is 1.70. The summed E-state index contributed by atoms with van der Waals surface area (Å²) >= 11 is 0. The summed E-state index contributed by atoms with van der Waals surface area (Å²) in [7, 11) is 0. The Kier molecular flexibility index (Phi) is 4.65. The molecule has 4 heterocycles. The van der Waals surface area contributed by atoms with Crippen molar-refractivity contribution in [3.05, 3.63) is 42.6 Å². The predicted octanol–water partition coefficient (Wildman–Crippen LogP) is 1.64. The first kappa shape index (κ1) is 16.1. The van der Waals surface area contributed by atoms with Gasteiger partial charge in [0.25, 0.3) is 0 Å². The van der Waals surface area contributed by atoms with Gasteiger partial charge in [-0.25, -0.2) is 15.0 Å². The summed E-state index contributed by atoms with van der Waals surface area (Å²) in [6, 6.07) is 4.35. The van der Waals surface area contributed by atoms with Crippen LogP contribution in [0.3, 0.4) is 0 Å². The molecule has 2 bridgehead atoms. The zero-order valence-corrected chi connectivity index (χ0v) is 14.4. The molecule has 7 heteroatoms. The zero-order valence-electron chi connectivity index (χ0n) is 14.4. The minimum Gasteiger partial charge on any atom is -0.373 e. The Morgan fingerprint density at radius 2 is 2.36 bits per heavy atom. The lowest BCUT2D eigenvalue weighted by atomic mass is 9.96. The SMILES string of the molecule is CCNC(=NCc1cccnc1-n1ccnc1)NC1CC2CCC1O2. The third-order valence-electron chi connectivity index (χ3n) is 4.80. The van der Waals surface area contributed by atoms with Gasteiger partial charge in [-0.05, 0) is 32.3 Å². The molecule has 132 valence electrons. The molecular weight excluding hydrogens is 316 g/mol. The van der Waals surface area contributed by atoms with Crippen LogP contribution >= 0.6 is 0 Å². The Hall–Kier alpha value is -2.41. The van der Waals surface area contributed by atoms with Gasteiger partial charge in [0, 0.05) is 30.7 Å². The average Bonchev–Trinajstić information content (AvgIpc) is 3.38. The first-order chi connectivity index (χ1) is 12.3. The number of pyridine rings is 1. The van der Waals surface area contributed by atoms with Gasteiger partial charge in [0.2, 0.25) is 0 Å². The number of imidazole rings is 1. The van der Waals surface area contributed by atoms with E-state index in [1.165, 1.54) is 6.42 Å². The Bertz CT molecular complexity index is 729. The fourth-order valence-electron chi connectivity index (χ4n) is 3.62. The molecule has 25 heavy (non-hydrogen) atoms. The number of aromatic nitrogens is 3. The Morgan fingerprint density at radius 3 is 3.08 bits per heavy atom. The first-order valence-corrected chi connectivity index (χ1v) is 8.96. The Labute approximate surface area is 147 Å². The van der Waals surface area contributed by atoms with E-state index >= 15 is 0 Å². The fourth-order valence-corrected chi connectivity index (χ4v) is 3.62. The predicted molar refractivity (Wildman–Crippen MR) is 95.6 cm³/mol. The minimum atomic E-state index is 0.328. The molecule has 2 aliphatic heterocycles. The summed E-state index contributed by atoms with van der Waals surface area (Å²) in [5, 5.41) is 6.88. The lowest BCUT2D eigenvalue weighted by Gasteiger charge is -2.22. The van der Waals surface area contributed by atoms with Crippen molar-refractivity contribution in [1.29, 1.82) is 0 Å². The van der Waals surface area contributed by atoms with Crippen molar-refractivity contribution in [2.75, 3.05) is 6.54 Å². The molecule has 0 spiro atoms. The number of aliphatic imine (C=N–C) groups is 1. The third kappa shape index (κ3) is 3.51. The highest BCUT2D eigenvalue weighted by molar-refractivity contribution is 5.80. The molecule has 0 amide bonds. The largest absolute Gasteiger partial charge is 0.373 e. The maximum absolute atomic E-state index is 5.93. The summed E-state index contributed by atoms with van der Waals surface area (Å²) in [6.07, 6.45) is 11.4. The van der Waals surface area contributed by atoms with E-state index in [0.717, 1.165) is 36.7 Å². The first-order valence-electron chi connectivity index (χ1n) is 8.96. The second-order valence-electron chi connectivity index (χ2n) is 6.51. The van der Waals surface area contributed by atoms with Crippen molar-refractivity contribution in [1.82, 2.24) is 25.2 Å². The van der Waals surface area contributed by atoms with Gasteiger partial charge in [0.15, 0.2) is 5.96 Å². The maximum atomic E-state index is 5.93. The van der Waals surface area contributed by atoms with Crippen LogP contribution in [0.4, 0.5) is 0 Å². The van der Waals surface area contributed by atoms with Gasteiger partial charge in [-0.1, -0.05) is 6.07 Å². The van der Waals surface area contributed by atoms with E-state index in [4.69, 9.17) is 9.73 Å². The maximum Gasteiger partial charge on any atom is 0.191 e. The molecule has 2 N–H and O–H groups in total. The van der Waals surface area contributed by atoms with Gasteiger partial charge in [-0.3, -0.25) is 4.57 Å². The van der Waals surface area contributed by atoms with Crippen LogP contribution in [-0.2, 0) is 11.3 Å². The molecule has 2 fully saturated rings. The van der Waals surface area contributed by atoms with Crippen molar-refractivity contribution in [2.24, 2.45) is 4.99 Å². The molecule has 3 atom stereocenters. The van der Waals surface area contributed by atoms with Gasteiger partial charge < -0.3 is 15.4 Å². The van der Waals surface area contributed by atoms with E-state index in [0.29, 0.717) is 24.8 Å². The van der Waals surface area contributed by atoms with Crippen molar-refractivity contribution < 1.29 is 4.74 Å². The number of rotatable bonds is 5. The molecular formula is C18H24N6O. The molecule has 0 aromatic carbocycles. The monoisotopic (exact) mass is 340 g/mol. The number of nitrogens with zero attached hydrogens (tertiary/aromatic N) is 4. The number of guanidine groups is 1. The van der Waals surface area contributed by atoms with Crippen molar-refractivity contribution in [2.45, 2.75) is 51.0 Å². The van der Waals surface area contributed by atoms with Crippen LogP contribution in [0.15, 0.2) is 42.0 Å². The Morgan fingerprint density at radius 1 is 1.40 bits per heavy atom. The molecule has 0 saturated carbocycles. The highest BCUT2D eigenvalue weighted by atomic mass is 16.5. The average molecular weight is 340 g/mol. The molecule has 4 rings (SSSR count). The van der Waals surface area contributed by atoms with E-state index in [9.17, 15) is 0 Å². The summed E-state index contributed by atoms with van der Waals surface area (Å²) < 4.78 is 7.84. The molecule has 2 aromatic rings. The number of hydrogen-bond acceptors (Lipinski definition) is 4. The van der Waals surface area contributed by atoms with Crippen LogP contribution in [-0.4, -0.2) is 45.3 Å². The van der Waals surface area contributed by atoms with Crippen LogP contribution in [0, 0.1) is 0 Å². The van der Waals surface area contributed by atoms with Crippen molar-refractivity contribution in [3.63, 3.8) is 0 Å². The van der Waals surface area contributed by atoms with Gasteiger partial charge in [-0.2, -0.15) is 0 Å². The molecule has 3 unspecified atom stereocenters. The van der Waals surface area contributed by atoms with Crippen molar-refractivity contribution in [3.8, 4) is 5.82 Å². The lowest BCUT2D eigenvalue weighted by molar-refractivity contribution is 0.0992. The van der Waals surface area contributed by atoms with Gasteiger partial charge in [0.1, 0.15) is 12.1 Å². The quantitative estimate of drug-likeness (QED) is 0.639. The molecule has 2 aliphatic rings. The highest BCUT2D eigenvalue weighted by Gasteiger charge is 2.41. The molecule has 7 nitrogen and oxygen atoms in total. The smallest absolute Gasteiger partial charge is 0.191 e. The Balaban J connectivity index is 1.48. The van der Waals surface area contributed by atoms with Crippen LogP contribution in [0.5, 0.6) is 0 Å². The number of fused-ring (bicyclic) bond motifs is 2. The second kappa shape index (κ2) is 7.23. The summed E-state index contributed by atoms with van der Waals surface area (Å²) in [4.78, 5) is 13.3. The van der Waals surface area contributed by atoms with Crippen molar-refractivity contribution >= 4 is 5.96 Å². The fraction of sp³-hybridized carbons (Fsp3) is 0.500. The number of hydrogen-bond donors (Lipinski definition) is 2. The van der Waals surface area contributed by atoms with Crippen LogP contribution in [0.1, 0.15) is 31.7 Å². The van der Waals surface area contributed by atoms with Gasteiger partial charge in [0.05, 0.1) is 24.8 Å². The van der Waals surface area contributed by atoms with E-state index in [2.05, 4.69) is 33.6 Å². The second-order valence-corrected chi connectivity index (χ2v) is 6.51. The summed E-state index contributed by atoms with van der Waals surface area (Å²) in [6.45, 7) is 3.46. The van der Waals surface area contributed by atoms with Crippen LogP contribution in [0.2, 0.25) is 0 Å². The van der Waals surface area contributed by atoms with Gasteiger partial charge in [-0.15, -0.1) is 0 Å². The highest BCUT2D eigenvalue weighted by Crippen LogP contribution is 2.34. The molecule has 2 aromatic heterocycles.